The van der Waals surface area contributed by atoms with E-state index in [1.54, 1.807) is 36.5 Å². The fourth-order valence-electron chi connectivity index (χ4n) is 3.86. The summed E-state index contributed by atoms with van der Waals surface area (Å²) in [5.41, 5.74) is 1.76. The Morgan fingerprint density at radius 3 is 2.23 bits per heavy atom. The van der Waals surface area contributed by atoms with Crippen molar-refractivity contribution in [2.24, 2.45) is 5.92 Å². The largest absolute Gasteiger partial charge is 0.456 e. The van der Waals surface area contributed by atoms with E-state index in [1.807, 2.05) is 32.0 Å². The molecule has 1 N–H and O–H groups in total. The van der Waals surface area contributed by atoms with Gasteiger partial charge in [0.15, 0.2) is 6.61 Å². The number of Topliss-reactive ketones (excluding diaryl/α,β-unsaturated/α-hetero) is 1. The summed E-state index contributed by atoms with van der Waals surface area (Å²) in [7, 11) is 0. The lowest BCUT2D eigenvalue weighted by molar-refractivity contribution is -0.147. The number of aromatic amines is 1. The van der Waals surface area contributed by atoms with Crippen LogP contribution in [-0.2, 0) is 9.53 Å². The number of hydrogen-bond acceptors (Lipinski definition) is 5. The van der Waals surface area contributed by atoms with Crippen LogP contribution in [0.3, 0.4) is 0 Å². The minimum absolute atomic E-state index is 0.0196. The van der Waals surface area contributed by atoms with Gasteiger partial charge in [0.1, 0.15) is 6.04 Å². The number of imide groups is 1. The monoisotopic (exact) mass is 418 g/mol. The lowest BCUT2D eigenvalue weighted by Gasteiger charge is -2.25. The van der Waals surface area contributed by atoms with E-state index in [0.29, 0.717) is 5.56 Å². The second kappa shape index (κ2) is 8.18. The zero-order valence-electron chi connectivity index (χ0n) is 17.3. The highest BCUT2D eigenvalue weighted by molar-refractivity contribution is 6.22. The van der Waals surface area contributed by atoms with Crippen molar-refractivity contribution >= 4 is 34.5 Å². The third kappa shape index (κ3) is 3.74. The summed E-state index contributed by atoms with van der Waals surface area (Å²) in [6.07, 6.45) is 1.82. The van der Waals surface area contributed by atoms with E-state index in [4.69, 9.17) is 4.74 Å². The Labute approximate surface area is 179 Å². The predicted octanol–water partition coefficient (Wildman–Crippen LogP) is 3.60. The molecule has 31 heavy (non-hydrogen) atoms. The first-order valence-corrected chi connectivity index (χ1v) is 10.1. The number of para-hydroxylation sites is 1. The summed E-state index contributed by atoms with van der Waals surface area (Å²) in [5.74, 6) is -2.16. The highest BCUT2D eigenvalue weighted by atomic mass is 16.5. The molecule has 3 aromatic rings. The number of ketones is 1. The second-order valence-corrected chi connectivity index (χ2v) is 7.95. The molecule has 1 aliphatic heterocycles. The third-order valence-electron chi connectivity index (χ3n) is 5.34. The Kier molecular flexibility index (Phi) is 5.42. The van der Waals surface area contributed by atoms with Gasteiger partial charge in [-0.2, -0.15) is 0 Å². The van der Waals surface area contributed by atoms with Crippen LogP contribution in [0.25, 0.3) is 10.9 Å². The fourth-order valence-corrected chi connectivity index (χ4v) is 3.86. The molecule has 2 amide bonds. The molecule has 2 heterocycles. The SMILES string of the molecule is CC(C)C[C@H](C(=O)OCC(=O)c1c[nH]c2ccccc12)N1C(=O)c2ccccc2C1=O. The van der Waals surface area contributed by atoms with Crippen molar-refractivity contribution in [1.29, 1.82) is 0 Å². The van der Waals surface area contributed by atoms with Gasteiger partial charge in [0.05, 0.1) is 11.1 Å². The first-order chi connectivity index (χ1) is 14.9. The number of esters is 1. The van der Waals surface area contributed by atoms with Crippen LogP contribution < -0.4 is 0 Å². The van der Waals surface area contributed by atoms with Gasteiger partial charge in [0.2, 0.25) is 5.78 Å². The van der Waals surface area contributed by atoms with Crippen molar-refractivity contribution in [2.45, 2.75) is 26.3 Å². The number of ether oxygens (including phenoxy) is 1. The average Bonchev–Trinajstić information content (AvgIpc) is 3.30. The van der Waals surface area contributed by atoms with Gasteiger partial charge in [-0.25, -0.2) is 4.79 Å². The lowest BCUT2D eigenvalue weighted by Crippen LogP contribution is -2.46. The molecule has 0 aliphatic carbocycles. The third-order valence-corrected chi connectivity index (χ3v) is 5.34. The summed E-state index contributed by atoms with van der Waals surface area (Å²) in [6, 6.07) is 12.7. The predicted molar refractivity (Wildman–Crippen MR) is 114 cm³/mol. The lowest BCUT2D eigenvalue weighted by atomic mass is 10.0. The molecular formula is C24H22N2O5. The smallest absolute Gasteiger partial charge is 0.329 e. The number of carbonyl (C=O) groups excluding carboxylic acids is 4. The Morgan fingerprint density at radius 1 is 0.968 bits per heavy atom. The van der Waals surface area contributed by atoms with E-state index in [2.05, 4.69) is 4.98 Å². The number of H-pyrrole nitrogens is 1. The molecule has 7 heteroatoms. The molecule has 4 rings (SSSR count). The molecular weight excluding hydrogens is 396 g/mol. The molecule has 0 spiro atoms. The van der Waals surface area contributed by atoms with Gasteiger partial charge < -0.3 is 9.72 Å². The molecule has 1 aliphatic rings. The molecule has 0 fully saturated rings. The molecule has 7 nitrogen and oxygen atoms in total. The number of benzene rings is 2. The van der Waals surface area contributed by atoms with Crippen LogP contribution in [0, 0.1) is 5.92 Å². The van der Waals surface area contributed by atoms with Crippen LogP contribution in [0.1, 0.15) is 51.3 Å². The van der Waals surface area contributed by atoms with E-state index in [-0.39, 0.29) is 29.2 Å². The van der Waals surface area contributed by atoms with Gasteiger partial charge in [0.25, 0.3) is 11.8 Å². The van der Waals surface area contributed by atoms with E-state index in [9.17, 15) is 19.2 Å². The minimum Gasteiger partial charge on any atom is -0.456 e. The minimum atomic E-state index is -1.09. The van der Waals surface area contributed by atoms with E-state index in [0.717, 1.165) is 15.8 Å². The average molecular weight is 418 g/mol. The van der Waals surface area contributed by atoms with Gasteiger partial charge >= 0.3 is 5.97 Å². The second-order valence-electron chi connectivity index (χ2n) is 7.95. The Hall–Kier alpha value is -3.74. The van der Waals surface area contributed by atoms with E-state index < -0.39 is 30.4 Å². The van der Waals surface area contributed by atoms with Crippen molar-refractivity contribution in [1.82, 2.24) is 9.88 Å². The van der Waals surface area contributed by atoms with E-state index >= 15 is 0 Å². The molecule has 0 unspecified atom stereocenters. The Morgan fingerprint density at radius 2 is 1.58 bits per heavy atom. The number of fused-ring (bicyclic) bond motifs is 2. The molecule has 1 aromatic heterocycles. The van der Waals surface area contributed by atoms with Crippen LogP contribution in [-0.4, -0.2) is 46.1 Å². The Balaban J connectivity index is 1.52. The van der Waals surface area contributed by atoms with Gasteiger partial charge in [-0.15, -0.1) is 0 Å². The number of amides is 2. The highest BCUT2D eigenvalue weighted by Gasteiger charge is 2.43. The first-order valence-electron chi connectivity index (χ1n) is 10.1. The van der Waals surface area contributed by atoms with Gasteiger partial charge in [-0.1, -0.05) is 44.2 Å². The molecule has 0 saturated heterocycles. The normalized spacial score (nSPS) is 14.2. The zero-order valence-corrected chi connectivity index (χ0v) is 17.3. The number of carbonyl (C=O) groups is 4. The number of aromatic nitrogens is 1. The quantitative estimate of drug-likeness (QED) is 0.359. The molecule has 2 aromatic carbocycles. The number of nitrogens with zero attached hydrogens (tertiary/aromatic N) is 1. The van der Waals surface area contributed by atoms with Crippen molar-refractivity contribution in [3.63, 3.8) is 0 Å². The molecule has 1 atom stereocenters. The first kappa shape index (κ1) is 20.5. The fraction of sp³-hybridized carbons (Fsp3) is 0.250. The van der Waals surface area contributed by atoms with Crippen LogP contribution in [0.4, 0.5) is 0 Å². The maximum Gasteiger partial charge on any atom is 0.329 e. The van der Waals surface area contributed by atoms with Crippen molar-refractivity contribution in [3.05, 3.63) is 71.4 Å². The number of nitrogens with one attached hydrogen (secondary N) is 1. The topological polar surface area (TPSA) is 96.5 Å². The molecule has 158 valence electrons. The summed E-state index contributed by atoms with van der Waals surface area (Å²) >= 11 is 0. The number of rotatable bonds is 7. The summed E-state index contributed by atoms with van der Waals surface area (Å²) in [4.78, 5) is 55.2. The molecule has 0 radical (unpaired) electrons. The maximum atomic E-state index is 12.9. The van der Waals surface area contributed by atoms with Crippen molar-refractivity contribution in [2.75, 3.05) is 6.61 Å². The van der Waals surface area contributed by atoms with Crippen LogP contribution in [0.2, 0.25) is 0 Å². The van der Waals surface area contributed by atoms with Gasteiger partial charge in [0, 0.05) is 22.7 Å². The van der Waals surface area contributed by atoms with E-state index in [1.165, 1.54) is 0 Å². The Bertz CT molecular complexity index is 1160. The zero-order chi connectivity index (χ0) is 22.1. The van der Waals surface area contributed by atoms with Gasteiger partial charge in [-0.05, 0) is 30.5 Å². The summed E-state index contributed by atoms with van der Waals surface area (Å²) < 4.78 is 5.30. The van der Waals surface area contributed by atoms with Crippen LogP contribution in [0.5, 0.6) is 0 Å². The van der Waals surface area contributed by atoms with Crippen LogP contribution in [0.15, 0.2) is 54.7 Å². The van der Waals surface area contributed by atoms with Crippen molar-refractivity contribution in [3.8, 4) is 0 Å². The standard InChI is InChI=1S/C24H22N2O5/c1-14(2)11-20(26-22(28)16-8-3-4-9-17(16)23(26)29)24(30)31-13-21(27)18-12-25-19-10-6-5-7-15(18)19/h3-10,12,14,20,25H,11,13H2,1-2H3/t20-/m1/s1. The molecule has 0 saturated carbocycles. The highest BCUT2D eigenvalue weighted by Crippen LogP contribution is 2.27. The molecule has 0 bridgehead atoms. The van der Waals surface area contributed by atoms with Crippen molar-refractivity contribution < 1.29 is 23.9 Å². The number of hydrogen-bond donors (Lipinski definition) is 1. The summed E-state index contributed by atoms with van der Waals surface area (Å²) in [5, 5.41) is 0.739. The maximum absolute atomic E-state index is 12.9. The van der Waals surface area contributed by atoms with Crippen LogP contribution >= 0.6 is 0 Å². The van der Waals surface area contributed by atoms with Gasteiger partial charge in [-0.3, -0.25) is 19.3 Å². The summed E-state index contributed by atoms with van der Waals surface area (Å²) in [6.45, 7) is 3.30.